The normalized spacial score (nSPS) is 19.9. The van der Waals surface area contributed by atoms with Gasteiger partial charge >= 0.3 is 0 Å². The van der Waals surface area contributed by atoms with E-state index in [0.717, 1.165) is 9.87 Å². The number of carbonyl (C=O) groups excluding carboxylic acids is 1. The number of hydrogen-bond acceptors (Lipinski definition) is 5. The number of benzene rings is 2. The number of hydrogen-bond donors (Lipinski definition) is 1. The molecule has 2 heterocycles. The molecule has 0 aliphatic carbocycles. The fourth-order valence-corrected chi connectivity index (χ4v) is 5.79. The molecule has 1 saturated heterocycles. The van der Waals surface area contributed by atoms with Gasteiger partial charge < -0.3 is 5.11 Å². The van der Waals surface area contributed by atoms with Crippen LogP contribution in [0.4, 0.5) is 0 Å². The number of Topliss-reactive ketones (excluding diaryl/α,β-unsaturated/α-hetero) is 1. The van der Waals surface area contributed by atoms with Gasteiger partial charge in [-0.3, -0.25) is 9.78 Å². The molecule has 156 valence electrons. The van der Waals surface area contributed by atoms with Gasteiger partial charge in [0.15, 0.2) is 5.78 Å². The molecule has 6 nitrogen and oxygen atoms in total. The summed E-state index contributed by atoms with van der Waals surface area (Å²) in [5.74, 6) is -0.210. The summed E-state index contributed by atoms with van der Waals surface area (Å²) in [6.07, 6.45) is 1.41. The van der Waals surface area contributed by atoms with Crippen molar-refractivity contribution in [3.05, 3.63) is 71.4 Å². The zero-order valence-electron chi connectivity index (χ0n) is 16.1. The van der Waals surface area contributed by atoms with Crippen LogP contribution in [-0.2, 0) is 21.2 Å². The van der Waals surface area contributed by atoms with Crippen molar-refractivity contribution < 1.29 is 18.3 Å². The van der Waals surface area contributed by atoms with E-state index >= 15 is 0 Å². The smallest absolute Gasteiger partial charge is 0.245 e. The summed E-state index contributed by atoms with van der Waals surface area (Å²) >= 11 is 5.89. The number of aromatic nitrogens is 1. The number of pyridine rings is 1. The number of aliphatic hydroxyl groups is 1. The van der Waals surface area contributed by atoms with Gasteiger partial charge in [-0.1, -0.05) is 41.9 Å². The van der Waals surface area contributed by atoms with Gasteiger partial charge in [-0.05, 0) is 42.7 Å². The molecule has 0 radical (unpaired) electrons. The van der Waals surface area contributed by atoms with Crippen molar-refractivity contribution >= 4 is 38.3 Å². The number of para-hydroxylation sites is 1. The Hall–Kier alpha value is -2.32. The van der Waals surface area contributed by atoms with Gasteiger partial charge in [-0.15, -0.1) is 0 Å². The first kappa shape index (κ1) is 20.9. The van der Waals surface area contributed by atoms with Crippen LogP contribution in [0.1, 0.15) is 18.4 Å². The third-order valence-corrected chi connectivity index (χ3v) is 7.52. The van der Waals surface area contributed by atoms with Gasteiger partial charge in [-0.2, -0.15) is 4.31 Å². The molecule has 1 fully saturated rings. The Morgan fingerprint density at radius 3 is 2.63 bits per heavy atom. The van der Waals surface area contributed by atoms with Crippen molar-refractivity contribution in [2.45, 2.75) is 36.3 Å². The number of fused-ring (bicyclic) bond motifs is 1. The van der Waals surface area contributed by atoms with Gasteiger partial charge in [0.25, 0.3) is 0 Å². The zero-order chi connectivity index (χ0) is 21.3. The molecule has 4 rings (SSSR count). The van der Waals surface area contributed by atoms with E-state index < -0.39 is 22.2 Å². The molecule has 0 bridgehead atoms. The van der Waals surface area contributed by atoms with Crippen LogP contribution in [0.15, 0.2) is 65.7 Å². The number of halogens is 1. The van der Waals surface area contributed by atoms with E-state index in [1.165, 1.54) is 12.3 Å². The molecule has 2 aromatic carbocycles. The standard InChI is InChI=1S/C22H21ClN2O4S/c23-17-9-6-15(7-10-17)8-11-20(27)19-13-18(26)14-25(19)30(28,29)21-5-1-3-16-4-2-12-24-22(16)21/h1-7,9-10,12,18-19,26H,8,11,13-14H2/t18-,19+/m1/s1. The van der Waals surface area contributed by atoms with Crippen LogP contribution < -0.4 is 0 Å². The number of aliphatic hydroxyl groups excluding tert-OH is 1. The molecule has 0 spiro atoms. The molecule has 30 heavy (non-hydrogen) atoms. The summed E-state index contributed by atoms with van der Waals surface area (Å²) in [5, 5.41) is 11.5. The lowest BCUT2D eigenvalue weighted by Crippen LogP contribution is -2.40. The number of rotatable bonds is 6. The average Bonchev–Trinajstić information content (AvgIpc) is 3.15. The third-order valence-electron chi connectivity index (χ3n) is 5.36. The molecule has 8 heteroatoms. The first-order valence-electron chi connectivity index (χ1n) is 9.67. The molecule has 0 unspecified atom stereocenters. The van der Waals surface area contributed by atoms with E-state index in [1.54, 1.807) is 36.4 Å². The minimum absolute atomic E-state index is 0.0465. The Bertz CT molecular complexity index is 1180. The fourth-order valence-electron chi connectivity index (χ4n) is 3.84. The quantitative estimate of drug-likeness (QED) is 0.630. The highest BCUT2D eigenvalue weighted by Crippen LogP contribution is 2.31. The highest BCUT2D eigenvalue weighted by atomic mass is 35.5. The van der Waals surface area contributed by atoms with Crippen molar-refractivity contribution in [3.8, 4) is 0 Å². The van der Waals surface area contributed by atoms with Crippen molar-refractivity contribution in [1.29, 1.82) is 0 Å². The van der Waals surface area contributed by atoms with E-state index in [4.69, 9.17) is 11.6 Å². The van der Waals surface area contributed by atoms with Crippen molar-refractivity contribution in [2.24, 2.45) is 0 Å². The van der Waals surface area contributed by atoms with Crippen molar-refractivity contribution in [3.63, 3.8) is 0 Å². The zero-order valence-corrected chi connectivity index (χ0v) is 17.7. The predicted octanol–water partition coefficient (Wildman–Crippen LogP) is 3.21. The van der Waals surface area contributed by atoms with Crippen LogP contribution in [-0.4, -0.2) is 47.3 Å². The van der Waals surface area contributed by atoms with E-state index in [1.807, 2.05) is 12.1 Å². The van der Waals surface area contributed by atoms with Crippen LogP contribution >= 0.6 is 11.6 Å². The fraction of sp³-hybridized carbons (Fsp3) is 0.273. The van der Waals surface area contributed by atoms with Crippen LogP contribution in [0.25, 0.3) is 10.9 Å². The minimum Gasteiger partial charge on any atom is -0.392 e. The van der Waals surface area contributed by atoms with Gasteiger partial charge in [0, 0.05) is 29.6 Å². The topological polar surface area (TPSA) is 87.6 Å². The molecule has 2 atom stereocenters. The molecular weight excluding hydrogens is 424 g/mol. The van der Waals surface area contributed by atoms with Gasteiger partial charge in [0.1, 0.15) is 4.90 Å². The van der Waals surface area contributed by atoms with Gasteiger partial charge in [-0.25, -0.2) is 8.42 Å². The lowest BCUT2D eigenvalue weighted by Gasteiger charge is -2.23. The summed E-state index contributed by atoms with van der Waals surface area (Å²) in [6, 6.07) is 14.8. The van der Waals surface area contributed by atoms with Crippen LogP contribution in [0.3, 0.4) is 0 Å². The minimum atomic E-state index is -4.01. The number of β-amino-alcohol motifs (C(OH)–C–C–N with tert-alkyl or cyclic N) is 1. The maximum absolute atomic E-state index is 13.4. The van der Waals surface area contributed by atoms with E-state index in [9.17, 15) is 18.3 Å². The lowest BCUT2D eigenvalue weighted by atomic mass is 10.0. The van der Waals surface area contributed by atoms with Gasteiger partial charge in [0.05, 0.1) is 17.7 Å². The molecule has 0 amide bonds. The molecule has 0 saturated carbocycles. The number of aryl methyl sites for hydroxylation is 1. The SMILES string of the molecule is O=C(CCc1ccc(Cl)cc1)[C@@H]1C[C@@H](O)CN1S(=O)(=O)c1cccc2cccnc12. The van der Waals surface area contributed by atoms with Crippen LogP contribution in [0.5, 0.6) is 0 Å². The van der Waals surface area contributed by atoms with Crippen molar-refractivity contribution in [1.82, 2.24) is 9.29 Å². The first-order valence-corrected chi connectivity index (χ1v) is 11.5. The molecular formula is C22H21ClN2O4S. The Labute approximate surface area is 180 Å². The molecule has 1 aliphatic heterocycles. The summed E-state index contributed by atoms with van der Waals surface area (Å²) in [4.78, 5) is 17.2. The van der Waals surface area contributed by atoms with Crippen molar-refractivity contribution in [2.75, 3.05) is 6.54 Å². The summed E-state index contributed by atoms with van der Waals surface area (Å²) in [7, 11) is -4.01. The largest absolute Gasteiger partial charge is 0.392 e. The van der Waals surface area contributed by atoms with E-state index in [0.29, 0.717) is 22.3 Å². The summed E-state index contributed by atoms with van der Waals surface area (Å²) < 4.78 is 28.0. The van der Waals surface area contributed by atoms with E-state index in [-0.39, 0.29) is 30.1 Å². The second-order valence-electron chi connectivity index (χ2n) is 7.40. The second kappa shape index (κ2) is 8.43. The second-order valence-corrected chi connectivity index (χ2v) is 9.70. The maximum Gasteiger partial charge on any atom is 0.245 e. The number of ketones is 1. The summed E-state index contributed by atoms with van der Waals surface area (Å²) in [6.45, 7) is -0.108. The highest BCUT2D eigenvalue weighted by Gasteiger charge is 2.43. The number of sulfonamides is 1. The van der Waals surface area contributed by atoms with Crippen LogP contribution in [0, 0.1) is 0 Å². The third kappa shape index (κ3) is 4.11. The summed E-state index contributed by atoms with van der Waals surface area (Å²) in [5.41, 5.74) is 1.30. The monoisotopic (exact) mass is 444 g/mol. The lowest BCUT2D eigenvalue weighted by molar-refractivity contribution is -0.122. The average molecular weight is 445 g/mol. The highest BCUT2D eigenvalue weighted by molar-refractivity contribution is 7.89. The predicted molar refractivity (Wildman–Crippen MR) is 115 cm³/mol. The molecule has 1 aromatic heterocycles. The van der Waals surface area contributed by atoms with E-state index in [2.05, 4.69) is 4.98 Å². The Balaban J connectivity index is 1.60. The Morgan fingerprint density at radius 1 is 1.13 bits per heavy atom. The van der Waals surface area contributed by atoms with Crippen LogP contribution in [0.2, 0.25) is 5.02 Å². The maximum atomic E-state index is 13.4. The first-order chi connectivity index (χ1) is 14.4. The molecule has 1 aliphatic rings. The van der Waals surface area contributed by atoms with Gasteiger partial charge in [0.2, 0.25) is 10.0 Å². The molecule has 3 aromatic rings. The number of carbonyl (C=O) groups is 1. The Kier molecular flexibility index (Phi) is 5.88. The molecule has 1 N–H and O–H groups in total. The number of nitrogens with zero attached hydrogens (tertiary/aromatic N) is 2. The Morgan fingerprint density at radius 2 is 1.87 bits per heavy atom.